The quantitative estimate of drug-likeness (QED) is 0.376. The molecule has 33 heavy (non-hydrogen) atoms. The fourth-order valence-electron chi connectivity index (χ4n) is 3.95. The molecule has 1 aliphatic rings. The van der Waals surface area contributed by atoms with Gasteiger partial charge in [-0.15, -0.1) is 16.8 Å². The van der Waals surface area contributed by atoms with Crippen LogP contribution in [-0.2, 0) is 17.9 Å². The van der Waals surface area contributed by atoms with Crippen molar-refractivity contribution in [3.63, 3.8) is 0 Å². The highest BCUT2D eigenvalue weighted by Crippen LogP contribution is 2.24. The first-order valence-corrected chi connectivity index (χ1v) is 12.3. The first-order chi connectivity index (χ1) is 16.1. The molecule has 4 rings (SSSR count). The van der Waals surface area contributed by atoms with Crippen molar-refractivity contribution < 1.29 is 4.79 Å². The van der Waals surface area contributed by atoms with Crippen LogP contribution in [0.25, 0.3) is 11.4 Å². The minimum atomic E-state index is 0.149. The van der Waals surface area contributed by atoms with E-state index in [-0.39, 0.29) is 5.91 Å². The number of allylic oxidation sites excluding steroid dienone is 1. The molecule has 0 saturated carbocycles. The van der Waals surface area contributed by atoms with E-state index in [0.717, 1.165) is 55.7 Å². The van der Waals surface area contributed by atoms with Gasteiger partial charge in [-0.25, -0.2) is 0 Å². The zero-order valence-electron chi connectivity index (χ0n) is 19.1. The number of hydrogen-bond acceptors (Lipinski definition) is 6. The average Bonchev–Trinajstić information content (AvgIpc) is 3.08. The zero-order chi connectivity index (χ0) is 23.0. The van der Waals surface area contributed by atoms with Crippen LogP contribution in [0, 0.1) is 6.92 Å². The topological polar surface area (TPSA) is 67.2 Å². The maximum absolute atomic E-state index is 13.0. The van der Waals surface area contributed by atoms with Gasteiger partial charge in [0.1, 0.15) is 0 Å². The number of amides is 1. The van der Waals surface area contributed by atoms with E-state index in [1.54, 1.807) is 12.4 Å². The fraction of sp³-hybridized carbons (Fsp3) is 0.360. The molecule has 1 fully saturated rings. The largest absolute Gasteiger partial charge is 0.341 e. The third-order valence-corrected chi connectivity index (χ3v) is 6.71. The Morgan fingerprint density at radius 1 is 1.06 bits per heavy atom. The molecule has 3 aromatic rings. The maximum atomic E-state index is 13.0. The predicted molar refractivity (Wildman–Crippen MR) is 132 cm³/mol. The van der Waals surface area contributed by atoms with Gasteiger partial charge in [-0.1, -0.05) is 47.7 Å². The van der Waals surface area contributed by atoms with E-state index in [1.165, 1.54) is 22.9 Å². The molecule has 0 atom stereocenters. The lowest BCUT2D eigenvalue weighted by atomic mass is 10.1. The molecule has 0 unspecified atom stereocenters. The number of aryl methyl sites for hydroxylation is 1. The summed E-state index contributed by atoms with van der Waals surface area (Å²) in [6.45, 7) is 10.9. The second-order valence-electron chi connectivity index (χ2n) is 8.23. The second kappa shape index (κ2) is 11.2. The third-order valence-electron chi connectivity index (χ3n) is 5.76. The SMILES string of the molecule is C=CCn1c(SCC(=O)N2CCCN(Cc3ccc(C)cc3)CC2)nnc1-c1ccncc1. The normalized spacial score (nSPS) is 14.8. The van der Waals surface area contributed by atoms with Crippen LogP contribution in [-0.4, -0.2) is 67.4 Å². The minimum absolute atomic E-state index is 0.149. The van der Waals surface area contributed by atoms with Crippen molar-refractivity contribution in [1.29, 1.82) is 0 Å². The summed E-state index contributed by atoms with van der Waals surface area (Å²) in [7, 11) is 0. The fourth-order valence-corrected chi connectivity index (χ4v) is 4.80. The Labute approximate surface area is 199 Å². The van der Waals surface area contributed by atoms with Crippen LogP contribution >= 0.6 is 11.8 Å². The molecule has 8 heteroatoms. The lowest BCUT2D eigenvalue weighted by molar-refractivity contribution is -0.128. The Hall–Kier alpha value is -2.97. The van der Waals surface area contributed by atoms with Gasteiger partial charge in [0.2, 0.25) is 5.91 Å². The molecule has 1 saturated heterocycles. The third kappa shape index (κ3) is 6.09. The van der Waals surface area contributed by atoms with Crippen molar-refractivity contribution in [2.45, 2.75) is 31.6 Å². The Morgan fingerprint density at radius 2 is 1.85 bits per heavy atom. The molecule has 0 N–H and O–H groups in total. The van der Waals surface area contributed by atoms with Crippen LogP contribution in [0.1, 0.15) is 17.5 Å². The highest BCUT2D eigenvalue weighted by molar-refractivity contribution is 7.99. The van der Waals surface area contributed by atoms with Gasteiger partial charge >= 0.3 is 0 Å². The van der Waals surface area contributed by atoms with Crippen LogP contribution in [0.5, 0.6) is 0 Å². The summed E-state index contributed by atoms with van der Waals surface area (Å²) in [6.07, 6.45) is 6.28. The van der Waals surface area contributed by atoms with Crippen LogP contribution in [0.4, 0.5) is 0 Å². The molecule has 1 amide bonds. The minimum Gasteiger partial charge on any atom is -0.341 e. The Bertz CT molecular complexity index is 1070. The Balaban J connectivity index is 1.34. The maximum Gasteiger partial charge on any atom is 0.233 e. The second-order valence-corrected chi connectivity index (χ2v) is 9.17. The van der Waals surface area contributed by atoms with E-state index in [2.05, 4.69) is 57.8 Å². The Morgan fingerprint density at radius 3 is 2.61 bits per heavy atom. The molecule has 3 heterocycles. The highest BCUT2D eigenvalue weighted by atomic mass is 32.2. The van der Waals surface area contributed by atoms with Gasteiger partial charge in [0.25, 0.3) is 0 Å². The van der Waals surface area contributed by atoms with Gasteiger partial charge in [0, 0.05) is 57.2 Å². The number of aromatic nitrogens is 4. The van der Waals surface area contributed by atoms with Crippen LogP contribution < -0.4 is 0 Å². The van der Waals surface area contributed by atoms with Crippen molar-refractivity contribution in [3.8, 4) is 11.4 Å². The molecule has 1 aliphatic heterocycles. The van der Waals surface area contributed by atoms with Gasteiger partial charge in [-0.2, -0.15) is 0 Å². The number of pyridine rings is 1. The van der Waals surface area contributed by atoms with Gasteiger partial charge in [-0.3, -0.25) is 19.2 Å². The van der Waals surface area contributed by atoms with Gasteiger partial charge in [0.05, 0.1) is 5.75 Å². The van der Waals surface area contributed by atoms with E-state index < -0.39 is 0 Å². The van der Waals surface area contributed by atoms with Gasteiger partial charge in [-0.05, 0) is 31.0 Å². The summed E-state index contributed by atoms with van der Waals surface area (Å²) < 4.78 is 1.99. The summed E-state index contributed by atoms with van der Waals surface area (Å²) in [5, 5.41) is 9.42. The summed E-state index contributed by atoms with van der Waals surface area (Å²) in [5.74, 6) is 1.26. The Kier molecular flexibility index (Phi) is 7.91. The van der Waals surface area contributed by atoms with E-state index in [1.807, 2.05) is 27.7 Å². The van der Waals surface area contributed by atoms with Crippen LogP contribution in [0.3, 0.4) is 0 Å². The summed E-state index contributed by atoms with van der Waals surface area (Å²) in [4.78, 5) is 21.5. The molecule has 172 valence electrons. The van der Waals surface area contributed by atoms with Crippen LogP contribution in [0.15, 0.2) is 66.6 Å². The molecular formula is C25H30N6OS. The first-order valence-electron chi connectivity index (χ1n) is 11.3. The highest BCUT2D eigenvalue weighted by Gasteiger charge is 2.21. The van der Waals surface area contributed by atoms with Crippen molar-refractivity contribution in [1.82, 2.24) is 29.5 Å². The molecule has 7 nitrogen and oxygen atoms in total. The molecule has 0 bridgehead atoms. The number of thioether (sulfide) groups is 1. The van der Waals surface area contributed by atoms with Crippen molar-refractivity contribution >= 4 is 17.7 Å². The predicted octanol–water partition coefficient (Wildman–Crippen LogP) is 3.66. The zero-order valence-corrected chi connectivity index (χ0v) is 19.9. The number of hydrogen-bond donors (Lipinski definition) is 0. The van der Waals surface area contributed by atoms with Crippen molar-refractivity contribution in [2.24, 2.45) is 0 Å². The number of carbonyl (C=O) groups excluding carboxylic acids is 1. The van der Waals surface area contributed by atoms with Crippen molar-refractivity contribution in [2.75, 3.05) is 31.9 Å². The number of carbonyl (C=O) groups is 1. The van der Waals surface area contributed by atoms with E-state index in [0.29, 0.717) is 12.3 Å². The molecule has 0 spiro atoms. The first kappa shape index (κ1) is 23.2. The summed E-state index contributed by atoms with van der Waals surface area (Å²) in [5.41, 5.74) is 3.54. The number of nitrogens with zero attached hydrogens (tertiary/aromatic N) is 6. The summed E-state index contributed by atoms with van der Waals surface area (Å²) in [6, 6.07) is 12.5. The lowest BCUT2D eigenvalue weighted by Crippen LogP contribution is -2.36. The molecule has 2 aromatic heterocycles. The van der Waals surface area contributed by atoms with Gasteiger partial charge < -0.3 is 4.90 Å². The van der Waals surface area contributed by atoms with E-state index in [4.69, 9.17) is 0 Å². The lowest BCUT2D eigenvalue weighted by Gasteiger charge is -2.22. The summed E-state index contributed by atoms with van der Waals surface area (Å²) >= 11 is 1.44. The van der Waals surface area contributed by atoms with Gasteiger partial charge in [0.15, 0.2) is 11.0 Å². The monoisotopic (exact) mass is 462 g/mol. The van der Waals surface area contributed by atoms with Crippen molar-refractivity contribution in [3.05, 3.63) is 72.6 Å². The molecular weight excluding hydrogens is 432 g/mol. The number of rotatable bonds is 8. The average molecular weight is 463 g/mol. The molecule has 0 radical (unpaired) electrons. The van der Waals surface area contributed by atoms with E-state index in [9.17, 15) is 4.79 Å². The van der Waals surface area contributed by atoms with Crippen LogP contribution in [0.2, 0.25) is 0 Å². The smallest absolute Gasteiger partial charge is 0.233 e. The number of benzene rings is 1. The standard InChI is InChI=1S/C25H30N6OS/c1-3-13-31-24(22-9-11-26-12-10-22)27-28-25(31)33-19-23(32)30-15-4-14-29(16-17-30)18-21-7-5-20(2)6-8-21/h3,5-12H,1,4,13-19H2,2H3. The molecule has 1 aromatic carbocycles. The van der Waals surface area contributed by atoms with E-state index >= 15 is 0 Å². The molecule has 0 aliphatic carbocycles.